The Balaban J connectivity index is 1.64. The molecule has 0 saturated carbocycles. The number of aromatic nitrogens is 1. The minimum Gasteiger partial charge on any atom is -0.309 e. The Morgan fingerprint density at radius 3 is 1.80 bits per heavy atom. The summed E-state index contributed by atoms with van der Waals surface area (Å²) >= 11 is 6.46. The molecule has 30 heavy (non-hydrogen) atoms. The van der Waals surface area contributed by atoms with E-state index in [2.05, 4.69) is 102 Å². The second kappa shape index (κ2) is 6.76. The third-order valence-electron chi connectivity index (χ3n) is 5.87. The zero-order valence-corrected chi connectivity index (χ0v) is 17.0. The number of halogens is 1. The van der Waals surface area contributed by atoms with Gasteiger partial charge in [-0.2, -0.15) is 0 Å². The molecular weight excluding hydrogens is 386 g/mol. The van der Waals surface area contributed by atoms with Gasteiger partial charge in [0.2, 0.25) is 0 Å². The van der Waals surface area contributed by atoms with E-state index in [1.807, 2.05) is 12.1 Å². The summed E-state index contributed by atoms with van der Waals surface area (Å²) in [5, 5.41) is 5.59. The van der Waals surface area contributed by atoms with Crippen LogP contribution in [0.2, 0.25) is 5.02 Å². The summed E-state index contributed by atoms with van der Waals surface area (Å²) in [4.78, 5) is 0. The number of nitrogens with zero attached hydrogens (tertiary/aromatic N) is 1. The molecule has 0 aliphatic carbocycles. The molecule has 0 radical (unpaired) electrons. The van der Waals surface area contributed by atoms with Gasteiger partial charge in [-0.15, -0.1) is 0 Å². The molecule has 0 fully saturated rings. The van der Waals surface area contributed by atoms with Crippen LogP contribution in [0.4, 0.5) is 0 Å². The highest BCUT2D eigenvalue weighted by molar-refractivity contribution is 6.36. The van der Waals surface area contributed by atoms with Gasteiger partial charge in [0.15, 0.2) is 0 Å². The van der Waals surface area contributed by atoms with E-state index in [4.69, 9.17) is 11.6 Å². The third-order valence-corrected chi connectivity index (χ3v) is 6.20. The summed E-state index contributed by atoms with van der Waals surface area (Å²) in [6, 6.07) is 38.4. The maximum Gasteiger partial charge on any atom is 0.0541 e. The fourth-order valence-electron chi connectivity index (χ4n) is 4.53. The van der Waals surface area contributed by atoms with E-state index < -0.39 is 0 Å². The van der Waals surface area contributed by atoms with Gasteiger partial charge >= 0.3 is 0 Å². The highest BCUT2D eigenvalue weighted by Crippen LogP contribution is 2.36. The Morgan fingerprint density at radius 1 is 0.500 bits per heavy atom. The second-order valence-corrected chi connectivity index (χ2v) is 7.97. The van der Waals surface area contributed by atoms with E-state index in [0.29, 0.717) is 0 Å². The first-order chi connectivity index (χ1) is 14.8. The van der Waals surface area contributed by atoms with Gasteiger partial charge in [-0.05, 0) is 46.8 Å². The van der Waals surface area contributed by atoms with Crippen molar-refractivity contribution in [2.45, 2.75) is 0 Å². The molecule has 142 valence electrons. The van der Waals surface area contributed by atoms with E-state index in [0.717, 1.165) is 16.1 Å². The van der Waals surface area contributed by atoms with Gasteiger partial charge in [0.25, 0.3) is 0 Å². The molecular formula is C28H18ClN. The first-order valence-electron chi connectivity index (χ1n) is 10.1. The smallest absolute Gasteiger partial charge is 0.0541 e. The van der Waals surface area contributed by atoms with Crippen molar-refractivity contribution in [2.75, 3.05) is 0 Å². The monoisotopic (exact) mass is 403 g/mol. The molecule has 0 saturated heterocycles. The van der Waals surface area contributed by atoms with Gasteiger partial charge in [-0.25, -0.2) is 0 Å². The fourth-order valence-corrected chi connectivity index (χ4v) is 4.76. The highest BCUT2D eigenvalue weighted by atomic mass is 35.5. The van der Waals surface area contributed by atoms with Crippen molar-refractivity contribution in [2.24, 2.45) is 0 Å². The first kappa shape index (κ1) is 17.3. The van der Waals surface area contributed by atoms with Crippen molar-refractivity contribution in [3.63, 3.8) is 0 Å². The number of hydrogen-bond acceptors (Lipinski definition) is 0. The lowest BCUT2D eigenvalue weighted by molar-refractivity contribution is 1.18. The SMILES string of the molecule is Clc1ccc(-c2cccc(-n3c4ccccc4c4ccccc43)c2)c2ccccc12. The molecule has 2 heteroatoms. The molecule has 0 amide bonds. The number of hydrogen-bond donors (Lipinski definition) is 0. The Kier molecular flexibility index (Phi) is 3.90. The average molecular weight is 404 g/mol. The highest BCUT2D eigenvalue weighted by Gasteiger charge is 2.13. The molecule has 6 rings (SSSR count). The summed E-state index contributed by atoms with van der Waals surface area (Å²) in [5.41, 5.74) is 5.97. The molecule has 0 aliphatic heterocycles. The number of rotatable bonds is 2. The topological polar surface area (TPSA) is 4.93 Å². The summed E-state index contributed by atoms with van der Waals surface area (Å²) in [7, 11) is 0. The van der Waals surface area contributed by atoms with Gasteiger partial charge in [-0.1, -0.05) is 90.5 Å². The van der Waals surface area contributed by atoms with E-state index >= 15 is 0 Å². The van der Waals surface area contributed by atoms with E-state index in [1.54, 1.807) is 0 Å². The van der Waals surface area contributed by atoms with Crippen molar-refractivity contribution >= 4 is 44.2 Å². The van der Waals surface area contributed by atoms with E-state index in [9.17, 15) is 0 Å². The molecule has 1 nitrogen and oxygen atoms in total. The molecule has 1 aromatic heterocycles. The van der Waals surface area contributed by atoms with E-state index in [1.165, 1.54) is 38.3 Å². The molecule has 0 N–H and O–H groups in total. The zero-order chi connectivity index (χ0) is 20.1. The van der Waals surface area contributed by atoms with Crippen molar-refractivity contribution < 1.29 is 0 Å². The summed E-state index contributed by atoms with van der Waals surface area (Å²) in [6.45, 7) is 0. The van der Waals surface area contributed by atoms with Crippen molar-refractivity contribution in [3.8, 4) is 16.8 Å². The molecule has 6 aromatic rings. The molecule has 0 spiro atoms. The summed E-state index contributed by atoms with van der Waals surface area (Å²) in [5.74, 6) is 0. The zero-order valence-electron chi connectivity index (χ0n) is 16.2. The number of para-hydroxylation sites is 2. The minimum absolute atomic E-state index is 0.785. The minimum atomic E-state index is 0.785. The number of fused-ring (bicyclic) bond motifs is 4. The fraction of sp³-hybridized carbons (Fsp3) is 0. The van der Waals surface area contributed by atoms with Gasteiger partial charge in [0, 0.05) is 26.9 Å². The van der Waals surface area contributed by atoms with Crippen LogP contribution in [-0.2, 0) is 0 Å². The lowest BCUT2D eigenvalue weighted by atomic mass is 9.98. The normalized spacial score (nSPS) is 11.5. The lowest BCUT2D eigenvalue weighted by Gasteiger charge is -2.12. The maximum atomic E-state index is 6.46. The van der Waals surface area contributed by atoms with Gasteiger partial charge in [-0.3, -0.25) is 0 Å². The Bertz CT molecular complexity index is 1500. The summed E-state index contributed by atoms with van der Waals surface area (Å²) in [6.07, 6.45) is 0. The second-order valence-electron chi connectivity index (χ2n) is 7.56. The average Bonchev–Trinajstić information content (AvgIpc) is 3.14. The third kappa shape index (κ3) is 2.56. The first-order valence-corrected chi connectivity index (χ1v) is 10.5. The molecule has 1 heterocycles. The predicted molar refractivity (Wildman–Crippen MR) is 129 cm³/mol. The van der Waals surface area contributed by atoms with Gasteiger partial charge in [0.1, 0.15) is 0 Å². The van der Waals surface area contributed by atoms with Crippen LogP contribution >= 0.6 is 11.6 Å². The Labute approximate surface area is 179 Å². The predicted octanol–water partition coefficient (Wildman–Crippen LogP) is 8.26. The maximum absolute atomic E-state index is 6.46. The van der Waals surface area contributed by atoms with Crippen LogP contribution in [0.1, 0.15) is 0 Å². The van der Waals surface area contributed by atoms with Crippen molar-refractivity contribution in [1.29, 1.82) is 0 Å². The molecule has 5 aromatic carbocycles. The van der Waals surface area contributed by atoms with Crippen LogP contribution in [0.15, 0.2) is 109 Å². The quantitative estimate of drug-likeness (QED) is 0.274. The van der Waals surface area contributed by atoms with E-state index in [-0.39, 0.29) is 0 Å². The summed E-state index contributed by atoms with van der Waals surface area (Å²) < 4.78 is 2.35. The van der Waals surface area contributed by atoms with Crippen LogP contribution < -0.4 is 0 Å². The van der Waals surface area contributed by atoms with Gasteiger partial charge < -0.3 is 4.57 Å². The molecule has 0 unspecified atom stereocenters. The van der Waals surface area contributed by atoms with Crippen LogP contribution in [0.25, 0.3) is 49.4 Å². The Hall–Kier alpha value is -3.55. The Morgan fingerprint density at radius 2 is 1.10 bits per heavy atom. The van der Waals surface area contributed by atoms with Gasteiger partial charge in [0.05, 0.1) is 11.0 Å². The van der Waals surface area contributed by atoms with Crippen LogP contribution in [0.3, 0.4) is 0 Å². The van der Waals surface area contributed by atoms with Crippen molar-refractivity contribution in [1.82, 2.24) is 4.57 Å². The van der Waals surface area contributed by atoms with Crippen LogP contribution in [0.5, 0.6) is 0 Å². The lowest BCUT2D eigenvalue weighted by Crippen LogP contribution is -1.94. The van der Waals surface area contributed by atoms with Crippen LogP contribution in [-0.4, -0.2) is 4.57 Å². The van der Waals surface area contributed by atoms with Crippen LogP contribution in [0, 0.1) is 0 Å². The van der Waals surface area contributed by atoms with Crippen molar-refractivity contribution in [3.05, 3.63) is 114 Å². The largest absolute Gasteiger partial charge is 0.309 e. The molecule has 0 atom stereocenters. The number of benzene rings is 5. The standard InChI is InChI=1S/C28H18ClN/c29-26-17-16-21(22-10-1-2-11-23(22)26)19-8-7-9-20(18-19)30-27-14-5-3-12-24(27)25-13-4-6-15-28(25)30/h1-18H. The molecule has 0 aliphatic rings. The molecule has 0 bridgehead atoms.